The van der Waals surface area contributed by atoms with Crippen LogP contribution >= 0.6 is 0 Å². The van der Waals surface area contributed by atoms with Gasteiger partial charge >= 0.3 is 6.18 Å². The van der Waals surface area contributed by atoms with Crippen LogP contribution in [0.1, 0.15) is 33.2 Å². The Morgan fingerprint density at radius 2 is 1.91 bits per heavy atom. The molecule has 0 aliphatic heterocycles. The van der Waals surface area contributed by atoms with Crippen molar-refractivity contribution in [2.45, 2.75) is 12.2 Å². The number of aromatic amines is 1. The van der Waals surface area contributed by atoms with Crippen molar-refractivity contribution in [3.63, 3.8) is 0 Å². The molecule has 3 rings (SSSR count). The lowest BCUT2D eigenvalue weighted by Gasteiger charge is -2.20. The summed E-state index contributed by atoms with van der Waals surface area (Å²) in [6.45, 7) is -1.31. The van der Waals surface area contributed by atoms with Gasteiger partial charge in [0.1, 0.15) is 17.1 Å². The maximum Gasteiger partial charge on any atom is 0.421 e. The molecule has 12 heteroatoms. The van der Waals surface area contributed by atoms with E-state index in [-0.39, 0.29) is 11.3 Å². The number of alkyl halides is 4. The van der Waals surface area contributed by atoms with E-state index in [1.165, 1.54) is 18.3 Å². The van der Waals surface area contributed by atoms with Gasteiger partial charge in [-0.25, -0.2) is 13.2 Å². The number of nitrogens with one attached hydrogen (secondary N) is 2. The van der Waals surface area contributed by atoms with Gasteiger partial charge in [0.25, 0.3) is 11.5 Å². The fourth-order valence-electron chi connectivity index (χ4n) is 2.83. The third kappa shape index (κ3) is 4.90. The van der Waals surface area contributed by atoms with Crippen molar-refractivity contribution in [2.24, 2.45) is 0 Å². The van der Waals surface area contributed by atoms with E-state index < -0.39 is 59.1 Å². The first-order chi connectivity index (χ1) is 15.1. The fourth-order valence-corrected chi connectivity index (χ4v) is 2.83. The Morgan fingerprint density at radius 1 is 1.16 bits per heavy atom. The minimum atomic E-state index is -5.02. The first kappa shape index (κ1) is 22.8. The number of hydrogen-bond donors (Lipinski definition) is 2. The minimum absolute atomic E-state index is 0.0554. The van der Waals surface area contributed by atoms with E-state index in [2.05, 4.69) is 15.0 Å². The third-order valence-electron chi connectivity index (χ3n) is 4.31. The van der Waals surface area contributed by atoms with Crippen LogP contribution in [0.15, 0.2) is 53.6 Å². The van der Waals surface area contributed by atoms with Crippen LogP contribution < -0.4 is 15.6 Å². The van der Waals surface area contributed by atoms with E-state index >= 15 is 0 Å². The van der Waals surface area contributed by atoms with Crippen LogP contribution in [0.2, 0.25) is 0 Å². The number of carbonyl (C=O) groups is 1. The molecule has 0 aliphatic rings. The second-order valence-electron chi connectivity index (χ2n) is 6.35. The number of carbonyl (C=O) groups excluding carboxylic acids is 1. The topological polar surface area (TPSA) is 84.1 Å². The molecule has 168 valence electrons. The van der Waals surface area contributed by atoms with Gasteiger partial charge in [-0.2, -0.15) is 13.2 Å². The van der Waals surface area contributed by atoms with Crippen LogP contribution in [0.3, 0.4) is 0 Å². The molecule has 1 amide bonds. The predicted molar refractivity (Wildman–Crippen MR) is 98.6 cm³/mol. The van der Waals surface area contributed by atoms with Crippen molar-refractivity contribution >= 4 is 5.91 Å². The van der Waals surface area contributed by atoms with Crippen molar-refractivity contribution in [2.75, 3.05) is 6.86 Å². The summed E-state index contributed by atoms with van der Waals surface area (Å²) in [6.07, 6.45) is -3.08. The Kier molecular flexibility index (Phi) is 6.51. The van der Waals surface area contributed by atoms with Crippen molar-refractivity contribution in [1.82, 2.24) is 15.3 Å². The summed E-state index contributed by atoms with van der Waals surface area (Å²) >= 11 is 0. The number of aromatic nitrogens is 2. The SMILES string of the molecule is O=C(N[C@@H](c1ccc(OCF)c(F)c1)c1ncccc1F)c1c[nH]c(=O)c(C(F)(F)F)c1. The zero-order valence-corrected chi connectivity index (χ0v) is 15.8. The second kappa shape index (κ2) is 9.12. The van der Waals surface area contributed by atoms with Crippen LogP contribution in [0.5, 0.6) is 5.75 Å². The fraction of sp³-hybridized carbons (Fsp3) is 0.150. The molecule has 1 atom stereocenters. The van der Waals surface area contributed by atoms with Crippen LogP contribution in [-0.2, 0) is 6.18 Å². The molecule has 6 nitrogen and oxygen atoms in total. The number of hydrogen-bond acceptors (Lipinski definition) is 4. The molecule has 0 bridgehead atoms. The molecule has 32 heavy (non-hydrogen) atoms. The van der Waals surface area contributed by atoms with E-state index in [0.29, 0.717) is 6.07 Å². The molecule has 0 fully saturated rings. The molecule has 2 heterocycles. The third-order valence-corrected chi connectivity index (χ3v) is 4.31. The molecular weight excluding hydrogens is 444 g/mol. The predicted octanol–water partition coefficient (Wildman–Crippen LogP) is 3.89. The summed E-state index contributed by atoms with van der Waals surface area (Å²) in [7, 11) is 0. The van der Waals surface area contributed by atoms with Gasteiger partial charge in [0.2, 0.25) is 6.86 Å². The number of H-pyrrole nitrogens is 1. The molecule has 0 radical (unpaired) electrons. The summed E-state index contributed by atoms with van der Waals surface area (Å²) in [5, 5.41) is 2.27. The highest BCUT2D eigenvalue weighted by molar-refractivity contribution is 5.94. The van der Waals surface area contributed by atoms with Crippen LogP contribution in [0.25, 0.3) is 0 Å². The Labute approximate surface area is 175 Å². The quantitative estimate of drug-likeness (QED) is 0.551. The van der Waals surface area contributed by atoms with Crippen LogP contribution in [0, 0.1) is 11.6 Å². The lowest BCUT2D eigenvalue weighted by molar-refractivity contribution is -0.138. The van der Waals surface area contributed by atoms with E-state index in [4.69, 9.17) is 0 Å². The van der Waals surface area contributed by atoms with Crippen LogP contribution in [-0.4, -0.2) is 22.7 Å². The first-order valence-corrected chi connectivity index (χ1v) is 8.81. The Bertz CT molecular complexity index is 1200. The molecule has 0 saturated heterocycles. The number of amides is 1. The van der Waals surface area contributed by atoms with E-state index in [1.54, 1.807) is 0 Å². The number of benzene rings is 1. The van der Waals surface area contributed by atoms with Gasteiger partial charge in [0.05, 0.1) is 11.6 Å². The number of nitrogens with zero attached hydrogens (tertiary/aromatic N) is 1. The van der Waals surface area contributed by atoms with Gasteiger partial charge in [0.15, 0.2) is 11.6 Å². The lowest BCUT2D eigenvalue weighted by atomic mass is 10.0. The zero-order valence-electron chi connectivity index (χ0n) is 15.8. The van der Waals surface area contributed by atoms with Gasteiger partial charge < -0.3 is 15.0 Å². The summed E-state index contributed by atoms with van der Waals surface area (Å²) in [6, 6.07) is 4.22. The second-order valence-corrected chi connectivity index (χ2v) is 6.35. The number of halogens is 6. The summed E-state index contributed by atoms with van der Waals surface area (Å²) < 4.78 is 84.3. The standard InChI is InChI=1S/C20H13F6N3O3/c21-9-32-15-4-3-10(7-14(15)23)16(17-13(22)2-1-5-27-17)29-18(30)11-6-12(20(24,25)26)19(31)28-8-11/h1-8,16H,9H2,(H,28,31)(H,29,30)/t16-/m0/s1. The van der Waals surface area contributed by atoms with Gasteiger partial charge in [-0.05, 0) is 35.9 Å². The Hall–Kier alpha value is -3.83. The highest BCUT2D eigenvalue weighted by Gasteiger charge is 2.35. The average Bonchev–Trinajstić information content (AvgIpc) is 2.73. The van der Waals surface area contributed by atoms with E-state index in [0.717, 1.165) is 24.4 Å². The first-order valence-electron chi connectivity index (χ1n) is 8.81. The Balaban J connectivity index is 2.03. The Morgan fingerprint density at radius 3 is 2.53 bits per heavy atom. The summed E-state index contributed by atoms with van der Waals surface area (Å²) in [5.41, 5.74) is -4.06. The van der Waals surface area contributed by atoms with E-state index in [1.807, 2.05) is 4.98 Å². The highest BCUT2D eigenvalue weighted by atomic mass is 19.4. The normalized spacial score (nSPS) is 12.3. The molecule has 0 aliphatic carbocycles. The van der Waals surface area contributed by atoms with Crippen LogP contribution in [0.4, 0.5) is 26.3 Å². The average molecular weight is 457 g/mol. The largest absolute Gasteiger partial charge is 0.460 e. The molecular formula is C20H13F6N3O3. The lowest BCUT2D eigenvalue weighted by Crippen LogP contribution is -2.32. The van der Waals surface area contributed by atoms with Gasteiger partial charge in [0, 0.05) is 12.4 Å². The zero-order chi connectivity index (χ0) is 23.5. The smallest absolute Gasteiger partial charge is 0.421 e. The molecule has 1 aromatic carbocycles. The maximum atomic E-state index is 14.4. The summed E-state index contributed by atoms with van der Waals surface area (Å²) in [4.78, 5) is 29.7. The minimum Gasteiger partial charge on any atom is -0.460 e. The highest BCUT2D eigenvalue weighted by Crippen LogP contribution is 2.29. The number of ether oxygens (including phenoxy) is 1. The van der Waals surface area contributed by atoms with Crippen molar-refractivity contribution in [3.05, 3.63) is 93.2 Å². The van der Waals surface area contributed by atoms with Gasteiger partial charge in [-0.15, -0.1) is 0 Å². The molecule has 0 unspecified atom stereocenters. The molecule has 0 spiro atoms. The van der Waals surface area contributed by atoms with Gasteiger partial charge in [-0.1, -0.05) is 6.07 Å². The maximum absolute atomic E-state index is 14.4. The molecule has 2 aromatic heterocycles. The number of rotatable bonds is 6. The van der Waals surface area contributed by atoms with Gasteiger partial charge in [-0.3, -0.25) is 14.6 Å². The monoisotopic (exact) mass is 457 g/mol. The molecule has 2 N–H and O–H groups in total. The number of pyridine rings is 2. The van der Waals surface area contributed by atoms with Crippen molar-refractivity contribution < 1.29 is 35.9 Å². The van der Waals surface area contributed by atoms with Crippen molar-refractivity contribution in [1.29, 1.82) is 0 Å². The summed E-state index contributed by atoms with van der Waals surface area (Å²) in [5.74, 6) is -3.50. The van der Waals surface area contributed by atoms with E-state index in [9.17, 15) is 35.9 Å². The molecule has 3 aromatic rings. The van der Waals surface area contributed by atoms with Crippen molar-refractivity contribution in [3.8, 4) is 5.75 Å². The molecule has 0 saturated carbocycles.